The highest BCUT2D eigenvalue weighted by Gasteiger charge is 2.50. The molecular formula is C27H22F4INO6S. The topological polar surface area (TPSA) is 90.0 Å². The standard InChI is InChI=1S/C27H22F4INO6S/c1-16(34)38-24(17-2-6-19(28)7-3-17)15-14-23-25(33(26(23)35)21-10-8-20(32)9-11-21)18-4-12-22(13-5-18)39-40(36,37)27(29,30)31/h2-13,23-25H,14-15H2,1H3/t23?,24-,25?/m0/s1. The Morgan fingerprint density at radius 3 is 2.15 bits per heavy atom. The molecule has 2 unspecified atom stereocenters. The monoisotopic (exact) mass is 691 g/mol. The van der Waals surface area contributed by atoms with Crippen LogP contribution in [0.15, 0.2) is 72.8 Å². The van der Waals surface area contributed by atoms with Crippen LogP contribution >= 0.6 is 22.6 Å². The Balaban J connectivity index is 1.60. The van der Waals surface area contributed by atoms with Crippen molar-refractivity contribution in [2.75, 3.05) is 4.90 Å². The predicted octanol–water partition coefficient (Wildman–Crippen LogP) is 6.45. The molecular weight excluding hydrogens is 669 g/mol. The van der Waals surface area contributed by atoms with E-state index in [1.807, 2.05) is 12.1 Å². The molecule has 0 saturated carbocycles. The lowest BCUT2D eigenvalue weighted by Crippen LogP contribution is -2.55. The molecule has 1 saturated heterocycles. The number of alkyl halides is 3. The number of hydrogen-bond donors (Lipinski definition) is 0. The van der Waals surface area contributed by atoms with Crippen molar-refractivity contribution in [3.63, 3.8) is 0 Å². The minimum absolute atomic E-state index is 0.216. The van der Waals surface area contributed by atoms with Gasteiger partial charge in [0.2, 0.25) is 5.91 Å². The van der Waals surface area contributed by atoms with Crippen LogP contribution in [0.25, 0.3) is 0 Å². The summed E-state index contributed by atoms with van der Waals surface area (Å²) >= 11 is 2.12. The quantitative estimate of drug-likeness (QED) is 0.0641. The smallest absolute Gasteiger partial charge is 0.458 e. The van der Waals surface area contributed by atoms with Gasteiger partial charge >= 0.3 is 21.6 Å². The minimum Gasteiger partial charge on any atom is -0.458 e. The third kappa shape index (κ3) is 6.57. The lowest BCUT2D eigenvalue weighted by molar-refractivity contribution is -0.147. The molecule has 0 aliphatic carbocycles. The lowest BCUT2D eigenvalue weighted by atomic mass is 9.78. The molecule has 1 amide bonds. The number of halogens is 5. The van der Waals surface area contributed by atoms with Crippen LogP contribution in [0, 0.1) is 15.3 Å². The van der Waals surface area contributed by atoms with Crippen LogP contribution in [0.4, 0.5) is 23.2 Å². The zero-order valence-corrected chi connectivity index (χ0v) is 23.7. The third-order valence-corrected chi connectivity index (χ3v) is 8.02. The number of β-lactam (4-membered cyclic amide) rings is 1. The summed E-state index contributed by atoms with van der Waals surface area (Å²) < 4.78 is 84.9. The lowest BCUT2D eigenvalue weighted by Gasteiger charge is -2.48. The summed E-state index contributed by atoms with van der Waals surface area (Å²) in [5.74, 6) is -2.34. The maximum absolute atomic E-state index is 13.4. The van der Waals surface area contributed by atoms with Crippen LogP contribution in [-0.2, 0) is 24.4 Å². The predicted molar refractivity (Wildman–Crippen MR) is 145 cm³/mol. The van der Waals surface area contributed by atoms with Crippen LogP contribution in [-0.4, -0.2) is 25.8 Å². The molecule has 0 radical (unpaired) electrons. The van der Waals surface area contributed by atoms with E-state index in [-0.39, 0.29) is 18.7 Å². The number of hydrogen-bond acceptors (Lipinski definition) is 6. The summed E-state index contributed by atoms with van der Waals surface area (Å²) in [4.78, 5) is 26.6. The third-order valence-electron chi connectivity index (χ3n) is 6.32. The van der Waals surface area contributed by atoms with E-state index < -0.39 is 51.2 Å². The van der Waals surface area contributed by atoms with Crippen molar-refractivity contribution in [2.45, 2.75) is 37.4 Å². The second-order valence-corrected chi connectivity index (χ2v) is 11.8. The zero-order valence-electron chi connectivity index (χ0n) is 20.8. The van der Waals surface area contributed by atoms with Gasteiger partial charge in [-0.2, -0.15) is 21.6 Å². The van der Waals surface area contributed by atoms with Gasteiger partial charge in [0.25, 0.3) is 0 Å². The number of anilines is 1. The van der Waals surface area contributed by atoms with E-state index in [0.29, 0.717) is 16.8 Å². The summed E-state index contributed by atoms with van der Waals surface area (Å²) in [6, 6.07) is 17.0. The molecule has 7 nitrogen and oxygen atoms in total. The highest BCUT2D eigenvalue weighted by molar-refractivity contribution is 14.1. The van der Waals surface area contributed by atoms with Crippen molar-refractivity contribution < 1.29 is 44.5 Å². The molecule has 0 aromatic heterocycles. The van der Waals surface area contributed by atoms with E-state index in [0.717, 1.165) is 15.7 Å². The SMILES string of the molecule is CC(=O)O[C@@H](CCC1C(=O)N(c2ccc(I)cc2)C1c1ccc(OS(=O)(=O)C(F)(F)F)cc1)c1ccc(F)cc1. The molecule has 13 heteroatoms. The van der Waals surface area contributed by atoms with Crippen molar-refractivity contribution in [1.82, 2.24) is 0 Å². The van der Waals surface area contributed by atoms with Gasteiger partial charge in [-0.3, -0.25) is 9.59 Å². The Morgan fingerprint density at radius 1 is 1.00 bits per heavy atom. The molecule has 0 N–H and O–H groups in total. The number of carbonyl (C=O) groups is 2. The molecule has 3 aromatic carbocycles. The number of rotatable bonds is 9. The first-order valence-electron chi connectivity index (χ1n) is 11.9. The average molecular weight is 691 g/mol. The van der Waals surface area contributed by atoms with Crippen LogP contribution in [0.1, 0.15) is 43.0 Å². The van der Waals surface area contributed by atoms with Gasteiger partial charge in [0.1, 0.15) is 17.7 Å². The van der Waals surface area contributed by atoms with Gasteiger partial charge in [0.05, 0.1) is 12.0 Å². The van der Waals surface area contributed by atoms with Gasteiger partial charge in [0.15, 0.2) is 0 Å². The minimum atomic E-state index is -5.84. The summed E-state index contributed by atoms with van der Waals surface area (Å²) in [5, 5.41) is 0. The zero-order chi connectivity index (χ0) is 29.2. The number of carbonyl (C=O) groups excluding carboxylic acids is 2. The fraction of sp³-hybridized carbons (Fsp3) is 0.259. The molecule has 0 spiro atoms. The first kappa shape index (κ1) is 29.8. The number of ether oxygens (including phenoxy) is 1. The summed E-state index contributed by atoms with van der Waals surface area (Å²) in [6.45, 7) is 1.24. The molecule has 4 rings (SSSR count). The van der Waals surface area contributed by atoms with Crippen molar-refractivity contribution >= 4 is 50.3 Å². The highest BCUT2D eigenvalue weighted by Crippen LogP contribution is 2.47. The summed E-state index contributed by atoms with van der Waals surface area (Å²) in [5.41, 5.74) is -3.89. The summed E-state index contributed by atoms with van der Waals surface area (Å²) in [6.07, 6.45) is -0.230. The number of amides is 1. The van der Waals surface area contributed by atoms with Crippen molar-refractivity contribution in [1.29, 1.82) is 0 Å². The molecule has 1 aliphatic heterocycles. The van der Waals surface area contributed by atoms with Crippen molar-refractivity contribution in [2.24, 2.45) is 5.92 Å². The summed E-state index contributed by atoms with van der Waals surface area (Å²) in [7, 11) is -5.84. The van der Waals surface area contributed by atoms with Crippen molar-refractivity contribution in [3.05, 3.63) is 93.3 Å². The average Bonchev–Trinajstić information content (AvgIpc) is 2.88. The number of benzene rings is 3. The van der Waals surface area contributed by atoms with Gasteiger partial charge < -0.3 is 13.8 Å². The second kappa shape index (κ2) is 11.7. The fourth-order valence-electron chi connectivity index (χ4n) is 4.50. The Morgan fingerprint density at radius 2 is 1.60 bits per heavy atom. The Bertz CT molecular complexity index is 1480. The molecule has 3 atom stereocenters. The second-order valence-electron chi connectivity index (χ2n) is 9.02. The molecule has 0 bridgehead atoms. The molecule has 1 heterocycles. The van der Waals surface area contributed by atoms with Gasteiger partial charge in [-0.1, -0.05) is 24.3 Å². The molecule has 3 aromatic rings. The van der Waals surface area contributed by atoms with Crippen LogP contribution in [0.3, 0.4) is 0 Å². The maximum Gasteiger partial charge on any atom is 0.534 e. The van der Waals surface area contributed by atoms with E-state index in [1.54, 1.807) is 17.0 Å². The van der Waals surface area contributed by atoms with E-state index in [4.69, 9.17) is 4.74 Å². The van der Waals surface area contributed by atoms with Crippen LogP contribution in [0.5, 0.6) is 5.75 Å². The molecule has 40 heavy (non-hydrogen) atoms. The largest absolute Gasteiger partial charge is 0.534 e. The first-order chi connectivity index (χ1) is 18.8. The van der Waals surface area contributed by atoms with Gasteiger partial charge in [-0.15, -0.1) is 0 Å². The molecule has 212 valence electrons. The van der Waals surface area contributed by atoms with Crippen LogP contribution < -0.4 is 9.08 Å². The van der Waals surface area contributed by atoms with Crippen LogP contribution in [0.2, 0.25) is 0 Å². The first-order valence-corrected chi connectivity index (χ1v) is 14.4. The molecule has 1 aliphatic rings. The van der Waals surface area contributed by atoms with E-state index in [9.17, 15) is 35.6 Å². The van der Waals surface area contributed by atoms with E-state index in [1.165, 1.54) is 43.3 Å². The van der Waals surface area contributed by atoms with Gasteiger partial charge in [0, 0.05) is 16.2 Å². The van der Waals surface area contributed by atoms with Gasteiger partial charge in [-0.25, -0.2) is 4.39 Å². The van der Waals surface area contributed by atoms with Gasteiger partial charge in [-0.05, 0) is 95.1 Å². The van der Waals surface area contributed by atoms with E-state index >= 15 is 0 Å². The van der Waals surface area contributed by atoms with Crippen molar-refractivity contribution in [3.8, 4) is 5.75 Å². The Labute approximate surface area is 241 Å². The normalized spacial score (nSPS) is 18.1. The number of esters is 1. The Kier molecular flexibility index (Phi) is 8.73. The fourth-order valence-corrected chi connectivity index (χ4v) is 5.32. The highest BCUT2D eigenvalue weighted by atomic mass is 127. The van der Waals surface area contributed by atoms with E-state index in [2.05, 4.69) is 26.8 Å². The Hall–Kier alpha value is -3.20. The molecule has 1 fully saturated rings. The number of nitrogens with zero attached hydrogens (tertiary/aromatic N) is 1. The maximum atomic E-state index is 13.4.